The van der Waals surface area contributed by atoms with E-state index in [9.17, 15) is 9.59 Å². The number of para-hydroxylation sites is 1. The van der Waals surface area contributed by atoms with E-state index in [-0.39, 0.29) is 11.8 Å². The SMILES string of the molecule is CSCCC(NC(=O)c1ccccc1)C(=O)NCc1nc2ccccc2s1. The molecule has 3 rings (SSSR count). The van der Waals surface area contributed by atoms with E-state index in [1.165, 1.54) is 0 Å². The maximum absolute atomic E-state index is 12.6. The minimum absolute atomic E-state index is 0.187. The summed E-state index contributed by atoms with van der Waals surface area (Å²) in [5.74, 6) is 0.360. The zero-order valence-electron chi connectivity index (χ0n) is 15.0. The molecule has 0 bridgehead atoms. The summed E-state index contributed by atoms with van der Waals surface area (Å²) in [4.78, 5) is 29.6. The largest absolute Gasteiger partial charge is 0.348 e. The van der Waals surface area contributed by atoms with E-state index in [2.05, 4.69) is 15.6 Å². The van der Waals surface area contributed by atoms with Gasteiger partial charge in [-0.05, 0) is 42.7 Å². The minimum atomic E-state index is -0.570. The van der Waals surface area contributed by atoms with Crippen molar-refractivity contribution < 1.29 is 9.59 Å². The highest BCUT2D eigenvalue weighted by atomic mass is 32.2. The van der Waals surface area contributed by atoms with Crippen LogP contribution in [0.5, 0.6) is 0 Å². The van der Waals surface area contributed by atoms with Gasteiger partial charge in [0.25, 0.3) is 5.91 Å². The molecule has 2 aromatic carbocycles. The van der Waals surface area contributed by atoms with Crippen molar-refractivity contribution in [2.24, 2.45) is 0 Å². The van der Waals surface area contributed by atoms with Crippen LogP contribution >= 0.6 is 23.1 Å². The van der Waals surface area contributed by atoms with Crippen molar-refractivity contribution in [3.05, 3.63) is 65.2 Å². The maximum atomic E-state index is 12.6. The Bertz CT molecular complexity index is 879. The quantitative estimate of drug-likeness (QED) is 0.608. The van der Waals surface area contributed by atoms with Gasteiger partial charge >= 0.3 is 0 Å². The average molecular weight is 400 g/mol. The van der Waals surface area contributed by atoms with Crippen molar-refractivity contribution in [1.29, 1.82) is 0 Å². The summed E-state index contributed by atoms with van der Waals surface area (Å²) in [6.07, 6.45) is 2.56. The molecule has 2 amide bonds. The zero-order valence-corrected chi connectivity index (χ0v) is 16.6. The van der Waals surface area contributed by atoms with Crippen LogP contribution in [0.2, 0.25) is 0 Å². The summed E-state index contributed by atoms with van der Waals surface area (Å²) in [6, 6.07) is 16.3. The Labute approximate surface area is 166 Å². The Morgan fingerprint density at radius 2 is 1.85 bits per heavy atom. The molecule has 0 aliphatic rings. The van der Waals surface area contributed by atoms with E-state index in [0.29, 0.717) is 18.5 Å². The molecule has 1 unspecified atom stereocenters. The number of carbonyl (C=O) groups excluding carboxylic acids is 2. The lowest BCUT2D eigenvalue weighted by Gasteiger charge is -2.18. The topological polar surface area (TPSA) is 71.1 Å². The van der Waals surface area contributed by atoms with Crippen molar-refractivity contribution in [2.75, 3.05) is 12.0 Å². The number of rotatable bonds is 8. The number of benzene rings is 2. The number of carbonyl (C=O) groups is 2. The Morgan fingerprint density at radius 1 is 1.11 bits per heavy atom. The van der Waals surface area contributed by atoms with Crippen LogP contribution < -0.4 is 10.6 Å². The summed E-state index contributed by atoms with van der Waals surface area (Å²) >= 11 is 3.21. The van der Waals surface area contributed by atoms with E-state index in [1.54, 1.807) is 47.4 Å². The first-order valence-corrected chi connectivity index (χ1v) is 10.9. The van der Waals surface area contributed by atoms with Gasteiger partial charge in [-0.2, -0.15) is 11.8 Å². The Balaban J connectivity index is 1.62. The van der Waals surface area contributed by atoms with E-state index in [0.717, 1.165) is 21.0 Å². The summed E-state index contributed by atoms with van der Waals surface area (Å²) in [5, 5.41) is 6.61. The molecule has 0 fully saturated rings. The molecular formula is C20H21N3O2S2. The molecule has 7 heteroatoms. The van der Waals surface area contributed by atoms with Crippen LogP contribution in [0.1, 0.15) is 21.8 Å². The van der Waals surface area contributed by atoms with E-state index in [1.807, 2.05) is 36.6 Å². The van der Waals surface area contributed by atoms with Crippen molar-refractivity contribution in [1.82, 2.24) is 15.6 Å². The normalized spacial score (nSPS) is 11.9. The molecule has 0 radical (unpaired) electrons. The molecule has 5 nitrogen and oxygen atoms in total. The van der Waals surface area contributed by atoms with Crippen molar-refractivity contribution in [3.63, 3.8) is 0 Å². The molecule has 27 heavy (non-hydrogen) atoms. The number of nitrogens with zero attached hydrogens (tertiary/aromatic N) is 1. The summed E-state index contributed by atoms with van der Waals surface area (Å²) in [6.45, 7) is 0.356. The van der Waals surface area contributed by atoms with Crippen molar-refractivity contribution in [3.8, 4) is 0 Å². The molecule has 1 aromatic heterocycles. The molecule has 2 N–H and O–H groups in total. The number of hydrogen-bond donors (Lipinski definition) is 2. The molecule has 3 aromatic rings. The fourth-order valence-electron chi connectivity index (χ4n) is 2.62. The Kier molecular flexibility index (Phi) is 6.84. The number of hydrogen-bond acceptors (Lipinski definition) is 5. The van der Waals surface area contributed by atoms with Gasteiger partial charge in [0.2, 0.25) is 5.91 Å². The van der Waals surface area contributed by atoms with Gasteiger partial charge < -0.3 is 10.6 Å². The number of aromatic nitrogens is 1. The van der Waals surface area contributed by atoms with Gasteiger partial charge in [-0.1, -0.05) is 30.3 Å². The van der Waals surface area contributed by atoms with Crippen LogP contribution in [0, 0.1) is 0 Å². The van der Waals surface area contributed by atoms with Crippen LogP contribution in [0.3, 0.4) is 0 Å². The predicted octanol–water partition coefficient (Wildman–Crippen LogP) is 3.46. The van der Waals surface area contributed by atoms with Gasteiger partial charge in [-0.25, -0.2) is 4.98 Å². The molecule has 140 valence electrons. The molecule has 0 spiro atoms. The first-order valence-electron chi connectivity index (χ1n) is 8.64. The van der Waals surface area contributed by atoms with Crippen molar-refractivity contribution >= 4 is 45.1 Å². The first kappa shape index (κ1) is 19.4. The monoisotopic (exact) mass is 399 g/mol. The van der Waals surface area contributed by atoms with Gasteiger partial charge in [-0.3, -0.25) is 9.59 Å². The summed E-state index contributed by atoms with van der Waals surface area (Å²) in [5.41, 5.74) is 1.48. The minimum Gasteiger partial charge on any atom is -0.348 e. The third-order valence-electron chi connectivity index (χ3n) is 4.02. The molecule has 0 saturated heterocycles. The molecule has 1 atom stereocenters. The van der Waals surface area contributed by atoms with Crippen LogP contribution in [0.15, 0.2) is 54.6 Å². The number of thiazole rings is 1. The number of thioether (sulfide) groups is 1. The third-order valence-corrected chi connectivity index (χ3v) is 5.70. The lowest BCUT2D eigenvalue weighted by molar-refractivity contribution is -0.123. The summed E-state index contributed by atoms with van der Waals surface area (Å²) < 4.78 is 1.10. The van der Waals surface area contributed by atoms with Gasteiger partial charge in [0.1, 0.15) is 11.0 Å². The van der Waals surface area contributed by atoms with Gasteiger partial charge in [0, 0.05) is 5.56 Å². The second-order valence-electron chi connectivity index (χ2n) is 5.97. The smallest absolute Gasteiger partial charge is 0.251 e. The standard InChI is InChI=1S/C20H21N3O2S2/c1-26-12-11-16(23-19(24)14-7-3-2-4-8-14)20(25)21-13-18-22-15-9-5-6-10-17(15)27-18/h2-10,16H,11-13H2,1H3,(H,21,25)(H,23,24). The average Bonchev–Trinajstić information content (AvgIpc) is 3.12. The summed E-state index contributed by atoms with van der Waals surface area (Å²) in [7, 11) is 0. The second-order valence-corrected chi connectivity index (χ2v) is 8.07. The fourth-order valence-corrected chi connectivity index (χ4v) is 4.00. The number of amides is 2. The van der Waals surface area contributed by atoms with Crippen LogP contribution in [0.4, 0.5) is 0 Å². The van der Waals surface area contributed by atoms with Gasteiger partial charge in [0.05, 0.1) is 16.8 Å². The second kappa shape index (κ2) is 9.53. The van der Waals surface area contributed by atoms with E-state index in [4.69, 9.17) is 0 Å². The Morgan fingerprint density at radius 3 is 2.59 bits per heavy atom. The third kappa shape index (κ3) is 5.30. The van der Waals surface area contributed by atoms with E-state index < -0.39 is 6.04 Å². The van der Waals surface area contributed by atoms with Crippen LogP contribution in [0.25, 0.3) is 10.2 Å². The van der Waals surface area contributed by atoms with Crippen molar-refractivity contribution in [2.45, 2.75) is 19.0 Å². The first-order chi connectivity index (χ1) is 13.2. The van der Waals surface area contributed by atoms with E-state index >= 15 is 0 Å². The highest BCUT2D eigenvalue weighted by Gasteiger charge is 2.21. The number of nitrogens with one attached hydrogen (secondary N) is 2. The van der Waals surface area contributed by atoms with Gasteiger partial charge in [0.15, 0.2) is 0 Å². The van der Waals surface area contributed by atoms with Crippen LogP contribution in [-0.2, 0) is 11.3 Å². The lowest BCUT2D eigenvalue weighted by atomic mass is 10.1. The lowest BCUT2D eigenvalue weighted by Crippen LogP contribution is -2.46. The molecule has 1 heterocycles. The molecule has 0 aliphatic heterocycles. The van der Waals surface area contributed by atoms with Gasteiger partial charge in [-0.15, -0.1) is 11.3 Å². The molecule has 0 saturated carbocycles. The molecule has 0 aliphatic carbocycles. The fraction of sp³-hybridized carbons (Fsp3) is 0.250. The highest BCUT2D eigenvalue weighted by molar-refractivity contribution is 7.98. The van der Waals surface area contributed by atoms with Crippen LogP contribution in [-0.4, -0.2) is 34.8 Å². The molecular weight excluding hydrogens is 378 g/mol. The highest BCUT2D eigenvalue weighted by Crippen LogP contribution is 2.21. The Hall–Kier alpha value is -2.38. The number of fused-ring (bicyclic) bond motifs is 1. The maximum Gasteiger partial charge on any atom is 0.251 e. The predicted molar refractivity (Wildman–Crippen MR) is 112 cm³/mol. The zero-order chi connectivity index (χ0) is 19.1.